The molecule has 0 bridgehead atoms. The van der Waals surface area contributed by atoms with Crippen LogP contribution in [-0.2, 0) is 10.3 Å². The summed E-state index contributed by atoms with van der Waals surface area (Å²) in [6.07, 6.45) is 5.12. The van der Waals surface area contributed by atoms with Gasteiger partial charge >= 0.3 is 5.97 Å². The lowest BCUT2D eigenvalue weighted by Gasteiger charge is -2.20. The first-order valence-corrected chi connectivity index (χ1v) is 7.48. The molecule has 0 unspecified atom stereocenters. The predicted molar refractivity (Wildman–Crippen MR) is 83.7 cm³/mol. The average Bonchev–Trinajstić information content (AvgIpc) is 3.29. The summed E-state index contributed by atoms with van der Waals surface area (Å²) in [5, 5.41) is 3.41. The van der Waals surface area contributed by atoms with Crippen LogP contribution in [0.3, 0.4) is 0 Å². The first kappa shape index (κ1) is 14.5. The Bertz CT molecular complexity index is 679. The van der Waals surface area contributed by atoms with Gasteiger partial charge in [0.2, 0.25) is 5.95 Å². The molecule has 1 N–H and O–H groups in total. The van der Waals surface area contributed by atoms with Gasteiger partial charge in [0.25, 0.3) is 0 Å². The lowest BCUT2D eigenvalue weighted by molar-refractivity contribution is 0.0525. The van der Waals surface area contributed by atoms with Crippen LogP contribution < -0.4 is 5.32 Å². The summed E-state index contributed by atoms with van der Waals surface area (Å²) < 4.78 is 4.93. The monoisotopic (exact) mass is 297 g/mol. The van der Waals surface area contributed by atoms with Gasteiger partial charge in [-0.05, 0) is 37.8 Å². The normalized spacial score (nSPS) is 15.2. The first-order chi connectivity index (χ1) is 10.6. The lowest BCUT2D eigenvalue weighted by atomic mass is 9.99. The zero-order chi connectivity index (χ0) is 15.6. The number of hydrogen-bond donors (Lipinski definition) is 1. The van der Waals surface area contributed by atoms with Gasteiger partial charge in [0.1, 0.15) is 0 Å². The molecule has 1 aliphatic carbocycles. The fourth-order valence-corrected chi connectivity index (χ4v) is 2.62. The number of hydrogen-bond acceptors (Lipinski definition) is 5. The molecule has 1 heterocycles. The number of carbonyl (C=O) groups is 1. The van der Waals surface area contributed by atoms with Gasteiger partial charge in [-0.2, -0.15) is 0 Å². The molecule has 0 spiro atoms. The maximum atomic E-state index is 11.6. The molecule has 1 aliphatic rings. The van der Waals surface area contributed by atoms with Gasteiger partial charge in [-0.25, -0.2) is 14.8 Å². The van der Waals surface area contributed by atoms with Crippen molar-refractivity contribution in [3.8, 4) is 0 Å². The van der Waals surface area contributed by atoms with Gasteiger partial charge < -0.3 is 10.1 Å². The highest BCUT2D eigenvalue weighted by Gasteiger charge is 2.45. The van der Waals surface area contributed by atoms with Crippen molar-refractivity contribution in [1.29, 1.82) is 0 Å². The Hall–Kier alpha value is -2.43. The van der Waals surface area contributed by atoms with Crippen molar-refractivity contribution in [3.63, 3.8) is 0 Å². The van der Waals surface area contributed by atoms with Crippen LogP contribution in [0.1, 0.15) is 41.3 Å². The quantitative estimate of drug-likeness (QED) is 0.859. The van der Waals surface area contributed by atoms with Gasteiger partial charge in [-0.15, -0.1) is 0 Å². The molecule has 2 aromatic rings. The molecule has 5 heteroatoms. The molecule has 3 rings (SSSR count). The summed E-state index contributed by atoms with van der Waals surface area (Å²) in [6, 6.07) is 8.35. The molecular weight excluding hydrogens is 278 g/mol. The predicted octanol–water partition coefficient (Wildman–Crippen LogP) is 3.06. The maximum absolute atomic E-state index is 11.6. The third-order valence-corrected chi connectivity index (χ3v) is 3.92. The molecule has 1 fully saturated rings. The van der Waals surface area contributed by atoms with Gasteiger partial charge in [-0.3, -0.25) is 0 Å². The summed E-state index contributed by atoms with van der Waals surface area (Å²) in [4.78, 5) is 20.1. The van der Waals surface area contributed by atoms with Crippen molar-refractivity contribution in [2.75, 3.05) is 11.9 Å². The second-order valence-electron chi connectivity index (χ2n) is 5.54. The van der Waals surface area contributed by atoms with E-state index in [1.165, 1.54) is 23.5 Å². The topological polar surface area (TPSA) is 64.1 Å². The van der Waals surface area contributed by atoms with E-state index in [1.807, 2.05) is 6.07 Å². The summed E-state index contributed by atoms with van der Waals surface area (Å²) >= 11 is 0. The van der Waals surface area contributed by atoms with Gasteiger partial charge in [0.15, 0.2) is 0 Å². The highest BCUT2D eigenvalue weighted by atomic mass is 16.5. The second kappa shape index (κ2) is 5.75. The highest BCUT2D eigenvalue weighted by Crippen LogP contribution is 2.48. The molecule has 0 amide bonds. The number of esters is 1. The maximum Gasteiger partial charge on any atom is 0.341 e. The number of anilines is 1. The van der Waals surface area contributed by atoms with Crippen LogP contribution >= 0.6 is 0 Å². The van der Waals surface area contributed by atoms with Crippen molar-refractivity contribution in [2.24, 2.45) is 0 Å². The van der Waals surface area contributed by atoms with Crippen LogP contribution in [0, 0.1) is 6.92 Å². The van der Waals surface area contributed by atoms with E-state index in [4.69, 9.17) is 4.74 Å². The smallest absolute Gasteiger partial charge is 0.341 e. The van der Waals surface area contributed by atoms with Crippen LogP contribution in [0.4, 0.5) is 5.95 Å². The summed E-state index contributed by atoms with van der Waals surface area (Å²) in [6.45, 7) is 4.23. The van der Waals surface area contributed by atoms with E-state index in [1.54, 1.807) is 6.92 Å². The minimum atomic E-state index is -0.394. The summed E-state index contributed by atoms with van der Waals surface area (Å²) in [7, 11) is 0. The van der Waals surface area contributed by atoms with Gasteiger partial charge in [0.05, 0.1) is 17.7 Å². The fraction of sp³-hybridized carbons (Fsp3) is 0.353. The number of nitrogens with zero attached hydrogens (tertiary/aromatic N) is 2. The van der Waals surface area contributed by atoms with Crippen LogP contribution in [0.15, 0.2) is 36.7 Å². The molecule has 114 valence electrons. The minimum absolute atomic E-state index is 0.0726. The number of benzene rings is 1. The highest BCUT2D eigenvalue weighted by molar-refractivity contribution is 5.88. The Morgan fingerprint density at radius 3 is 2.55 bits per heavy atom. The standard InChI is InChI=1S/C17H19N3O2/c1-3-22-15(21)13-10-18-16(19-11-13)20-17(8-9-17)14-7-5-4-6-12(14)2/h4-7,10-11H,3,8-9H2,1-2H3,(H,18,19,20). The third-order valence-electron chi connectivity index (χ3n) is 3.92. The number of carbonyl (C=O) groups excluding carboxylic acids is 1. The van der Waals surface area contributed by atoms with Crippen LogP contribution in [0.5, 0.6) is 0 Å². The zero-order valence-corrected chi connectivity index (χ0v) is 12.8. The number of rotatable bonds is 5. The second-order valence-corrected chi connectivity index (χ2v) is 5.54. The van der Waals surface area contributed by atoms with Crippen molar-refractivity contribution >= 4 is 11.9 Å². The lowest BCUT2D eigenvalue weighted by Crippen LogP contribution is -2.21. The third kappa shape index (κ3) is 2.79. The zero-order valence-electron chi connectivity index (χ0n) is 12.8. The Morgan fingerprint density at radius 2 is 1.95 bits per heavy atom. The van der Waals surface area contributed by atoms with Crippen molar-refractivity contribution in [1.82, 2.24) is 9.97 Å². The molecule has 0 saturated heterocycles. The van der Waals surface area contributed by atoms with Crippen molar-refractivity contribution < 1.29 is 9.53 Å². The molecule has 1 aromatic heterocycles. The van der Waals surface area contributed by atoms with E-state index in [2.05, 4.69) is 40.4 Å². The SMILES string of the molecule is CCOC(=O)c1cnc(NC2(c3ccccc3C)CC2)nc1. The van der Waals surface area contributed by atoms with E-state index in [0.717, 1.165) is 12.8 Å². The molecule has 22 heavy (non-hydrogen) atoms. The van der Waals surface area contributed by atoms with Crippen LogP contribution in [-0.4, -0.2) is 22.5 Å². The first-order valence-electron chi connectivity index (χ1n) is 7.48. The summed E-state index contributed by atoms with van der Waals surface area (Å²) in [5.74, 6) is 0.142. The van der Waals surface area contributed by atoms with E-state index in [-0.39, 0.29) is 5.54 Å². The van der Waals surface area contributed by atoms with E-state index < -0.39 is 5.97 Å². The minimum Gasteiger partial charge on any atom is -0.462 e. The molecule has 5 nitrogen and oxygen atoms in total. The van der Waals surface area contributed by atoms with Gasteiger partial charge in [-0.1, -0.05) is 24.3 Å². The molecule has 0 aliphatic heterocycles. The Labute approximate surface area is 129 Å². The molecule has 0 radical (unpaired) electrons. The number of nitrogens with one attached hydrogen (secondary N) is 1. The fourth-order valence-electron chi connectivity index (χ4n) is 2.62. The largest absolute Gasteiger partial charge is 0.462 e. The van der Waals surface area contributed by atoms with E-state index in [9.17, 15) is 4.79 Å². The van der Waals surface area contributed by atoms with Crippen LogP contribution in [0.2, 0.25) is 0 Å². The Balaban J connectivity index is 1.76. The molecule has 1 saturated carbocycles. The number of aromatic nitrogens is 2. The van der Waals surface area contributed by atoms with Crippen molar-refractivity contribution in [2.45, 2.75) is 32.2 Å². The molecular formula is C17H19N3O2. The van der Waals surface area contributed by atoms with E-state index >= 15 is 0 Å². The van der Waals surface area contributed by atoms with Crippen LogP contribution in [0.25, 0.3) is 0 Å². The number of ether oxygens (including phenoxy) is 1. The number of aryl methyl sites for hydroxylation is 1. The Kier molecular flexibility index (Phi) is 3.79. The van der Waals surface area contributed by atoms with E-state index in [0.29, 0.717) is 18.1 Å². The average molecular weight is 297 g/mol. The van der Waals surface area contributed by atoms with Crippen molar-refractivity contribution in [3.05, 3.63) is 53.3 Å². The summed E-state index contributed by atoms with van der Waals surface area (Å²) in [5.41, 5.74) is 2.84. The van der Waals surface area contributed by atoms with Gasteiger partial charge in [0, 0.05) is 12.4 Å². The molecule has 1 aromatic carbocycles. The molecule has 0 atom stereocenters. The Morgan fingerprint density at radius 1 is 1.27 bits per heavy atom.